The Morgan fingerprint density at radius 1 is 1.16 bits per heavy atom. The summed E-state index contributed by atoms with van der Waals surface area (Å²) in [5, 5.41) is 7.56. The Hall–Kier alpha value is -2.88. The number of hydrogen-bond donors (Lipinski definition) is 2. The molecular formula is C22H25ClN4O4S. The van der Waals surface area contributed by atoms with Crippen molar-refractivity contribution in [2.45, 2.75) is 37.8 Å². The van der Waals surface area contributed by atoms with E-state index in [4.69, 9.17) is 16.3 Å². The topological polar surface area (TPSA) is 102 Å². The predicted molar refractivity (Wildman–Crippen MR) is 124 cm³/mol. The van der Waals surface area contributed by atoms with Gasteiger partial charge in [0.1, 0.15) is 16.5 Å². The highest BCUT2D eigenvalue weighted by Gasteiger charge is 2.22. The summed E-state index contributed by atoms with van der Waals surface area (Å²) in [7, 11) is -2.58. The van der Waals surface area contributed by atoms with Crippen molar-refractivity contribution in [3.05, 3.63) is 70.9 Å². The number of nitrogens with zero attached hydrogens (tertiary/aromatic N) is 2. The number of rotatable bonds is 10. The van der Waals surface area contributed by atoms with Gasteiger partial charge in [0, 0.05) is 29.7 Å². The average molecular weight is 477 g/mol. The molecule has 0 saturated carbocycles. The van der Waals surface area contributed by atoms with Crippen LogP contribution in [0.15, 0.2) is 59.6 Å². The molecule has 0 radical (unpaired) electrons. The van der Waals surface area contributed by atoms with Crippen molar-refractivity contribution in [3.8, 4) is 5.75 Å². The van der Waals surface area contributed by atoms with Crippen molar-refractivity contribution in [1.29, 1.82) is 0 Å². The first-order valence-corrected chi connectivity index (χ1v) is 12.0. The molecule has 2 aromatic carbocycles. The number of aryl methyl sites for hydroxylation is 1. The number of anilines is 1. The van der Waals surface area contributed by atoms with Crippen molar-refractivity contribution < 1.29 is 17.9 Å². The molecule has 0 spiro atoms. The summed E-state index contributed by atoms with van der Waals surface area (Å²) in [5.41, 5.74) is 0.923. The first-order valence-electron chi connectivity index (χ1n) is 10.1. The van der Waals surface area contributed by atoms with E-state index < -0.39 is 15.9 Å². The Bertz CT molecular complexity index is 1180. The first-order chi connectivity index (χ1) is 15.3. The monoisotopic (exact) mass is 476 g/mol. The highest BCUT2D eigenvalue weighted by molar-refractivity contribution is 7.89. The van der Waals surface area contributed by atoms with Gasteiger partial charge in [0.2, 0.25) is 10.0 Å². The van der Waals surface area contributed by atoms with Gasteiger partial charge in [0.15, 0.2) is 0 Å². The Morgan fingerprint density at radius 3 is 2.59 bits per heavy atom. The van der Waals surface area contributed by atoms with E-state index in [-0.39, 0.29) is 22.8 Å². The van der Waals surface area contributed by atoms with Gasteiger partial charge < -0.3 is 10.1 Å². The third-order valence-corrected chi connectivity index (χ3v) is 6.45. The zero-order valence-electron chi connectivity index (χ0n) is 17.8. The van der Waals surface area contributed by atoms with Crippen LogP contribution in [0.25, 0.3) is 0 Å². The number of hydrogen-bond acceptors (Lipinski definition) is 5. The molecule has 0 aliphatic rings. The van der Waals surface area contributed by atoms with E-state index in [2.05, 4.69) is 22.1 Å². The van der Waals surface area contributed by atoms with E-state index in [1.807, 2.05) is 0 Å². The van der Waals surface area contributed by atoms with Crippen LogP contribution >= 0.6 is 11.6 Å². The predicted octanol–water partition coefficient (Wildman–Crippen LogP) is 4.08. The van der Waals surface area contributed by atoms with Crippen LogP contribution in [-0.4, -0.2) is 31.2 Å². The first kappa shape index (κ1) is 23.8. The quantitative estimate of drug-likeness (QED) is 0.459. The number of aromatic nitrogens is 2. The molecule has 1 aromatic heterocycles. The minimum Gasteiger partial charge on any atom is -0.495 e. The zero-order valence-corrected chi connectivity index (χ0v) is 19.4. The average Bonchev–Trinajstić information content (AvgIpc) is 3.23. The lowest BCUT2D eigenvalue weighted by Crippen LogP contribution is -2.24. The molecule has 10 heteroatoms. The lowest BCUT2D eigenvalue weighted by atomic mass is 10.2. The van der Waals surface area contributed by atoms with Gasteiger partial charge >= 0.3 is 0 Å². The van der Waals surface area contributed by atoms with Crippen molar-refractivity contribution in [2.24, 2.45) is 0 Å². The van der Waals surface area contributed by atoms with E-state index in [1.165, 1.54) is 25.3 Å². The lowest BCUT2D eigenvalue weighted by Gasteiger charge is -2.13. The Morgan fingerprint density at radius 2 is 1.91 bits per heavy atom. The van der Waals surface area contributed by atoms with E-state index in [0.717, 1.165) is 18.4 Å². The molecule has 3 aromatic rings. The molecule has 0 bridgehead atoms. The van der Waals surface area contributed by atoms with Gasteiger partial charge in [-0.2, -0.15) is 5.10 Å². The summed E-state index contributed by atoms with van der Waals surface area (Å²) in [5.74, 6) is 0.239. The summed E-state index contributed by atoms with van der Waals surface area (Å²) < 4.78 is 35.4. The van der Waals surface area contributed by atoms with Crippen LogP contribution in [0.4, 0.5) is 5.82 Å². The van der Waals surface area contributed by atoms with Gasteiger partial charge in [-0.25, -0.2) is 17.8 Å². The maximum atomic E-state index is 13.0. The van der Waals surface area contributed by atoms with Crippen LogP contribution in [0, 0.1) is 0 Å². The van der Waals surface area contributed by atoms with Gasteiger partial charge in [0.05, 0.1) is 13.3 Å². The molecule has 170 valence electrons. The van der Waals surface area contributed by atoms with Crippen LogP contribution in [-0.2, 0) is 23.1 Å². The number of halogens is 1. The molecule has 1 amide bonds. The second-order valence-corrected chi connectivity index (χ2v) is 9.24. The molecule has 0 atom stereocenters. The number of sulfonamides is 1. The normalized spacial score (nSPS) is 11.3. The van der Waals surface area contributed by atoms with Crippen molar-refractivity contribution >= 4 is 33.3 Å². The van der Waals surface area contributed by atoms with Gasteiger partial charge in [-0.1, -0.05) is 37.1 Å². The van der Waals surface area contributed by atoms with E-state index in [0.29, 0.717) is 17.4 Å². The van der Waals surface area contributed by atoms with Crippen LogP contribution in [0.3, 0.4) is 0 Å². The summed E-state index contributed by atoms with van der Waals surface area (Å²) in [6.07, 6.45) is 3.53. The minimum atomic E-state index is -3.96. The number of carbonyl (C=O) groups excluding carboxylic acids is 1. The molecule has 0 saturated heterocycles. The number of carbonyl (C=O) groups is 1. The summed E-state index contributed by atoms with van der Waals surface area (Å²) in [6, 6.07) is 12.8. The maximum Gasteiger partial charge on any atom is 0.256 e. The molecular weight excluding hydrogens is 452 g/mol. The molecule has 0 aliphatic heterocycles. The maximum absolute atomic E-state index is 13.0. The Labute approximate surface area is 192 Å². The van der Waals surface area contributed by atoms with Crippen LogP contribution in [0.1, 0.15) is 35.7 Å². The van der Waals surface area contributed by atoms with Crippen LogP contribution in [0.2, 0.25) is 5.02 Å². The van der Waals surface area contributed by atoms with E-state index in [9.17, 15) is 13.2 Å². The number of amides is 1. The minimum absolute atomic E-state index is 0.0652. The van der Waals surface area contributed by atoms with E-state index >= 15 is 0 Å². The van der Waals surface area contributed by atoms with Crippen molar-refractivity contribution in [2.75, 3.05) is 12.4 Å². The van der Waals surface area contributed by atoms with Crippen LogP contribution in [0.5, 0.6) is 5.75 Å². The Balaban J connectivity index is 1.80. The van der Waals surface area contributed by atoms with E-state index in [1.54, 1.807) is 41.2 Å². The lowest BCUT2D eigenvalue weighted by molar-refractivity contribution is 0.102. The van der Waals surface area contributed by atoms with Gasteiger partial charge in [-0.05, 0) is 42.3 Å². The molecule has 32 heavy (non-hydrogen) atoms. The molecule has 8 nitrogen and oxygen atoms in total. The summed E-state index contributed by atoms with van der Waals surface area (Å²) in [4.78, 5) is 12.7. The number of unbranched alkanes of at least 4 members (excludes halogenated alkanes) is 1. The number of methoxy groups -OCH3 is 1. The SMILES string of the molecule is CCCCn1nccc1NC(=O)c1ccc(OC)c(S(=O)(=O)NCc2ccc(Cl)cc2)c1. The van der Waals surface area contributed by atoms with Gasteiger partial charge in [-0.15, -0.1) is 0 Å². The third kappa shape index (κ3) is 5.87. The molecule has 0 fully saturated rings. The molecule has 1 heterocycles. The largest absolute Gasteiger partial charge is 0.495 e. The van der Waals surface area contributed by atoms with Gasteiger partial charge in [0.25, 0.3) is 5.91 Å². The molecule has 3 rings (SSSR count). The summed E-state index contributed by atoms with van der Waals surface area (Å²) >= 11 is 5.87. The highest BCUT2D eigenvalue weighted by atomic mass is 35.5. The third-order valence-electron chi connectivity index (χ3n) is 4.78. The number of nitrogens with one attached hydrogen (secondary N) is 2. The van der Waals surface area contributed by atoms with Gasteiger partial charge in [-0.3, -0.25) is 4.79 Å². The second-order valence-electron chi connectivity index (χ2n) is 7.06. The second kappa shape index (κ2) is 10.6. The molecule has 2 N–H and O–H groups in total. The van der Waals surface area contributed by atoms with Crippen molar-refractivity contribution in [1.82, 2.24) is 14.5 Å². The zero-order chi connectivity index (χ0) is 23.1. The number of benzene rings is 2. The number of ether oxygens (including phenoxy) is 1. The Kier molecular flexibility index (Phi) is 7.89. The smallest absolute Gasteiger partial charge is 0.256 e. The summed E-state index contributed by atoms with van der Waals surface area (Å²) in [6.45, 7) is 2.81. The fraction of sp³-hybridized carbons (Fsp3) is 0.273. The van der Waals surface area contributed by atoms with Crippen LogP contribution < -0.4 is 14.8 Å². The molecule has 0 aliphatic carbocycles. The fourth-order valence-corrected chi connectivity index (χ4v) is 4.34. The standard InChI is InChI=1S/C22H25ClN4O4S/c1-3-4-13-27-21(11-12-24-27)26-22(28)17-7-10-19(31-2)20(14-17)32(29,30)25-15-16-5-8-18(23)9-6-16/h5-12,14,25H,3-4,13,15H2,1-2H3,(H,26,28). The van der Waals surface area contributed by atoms with Crippen molar-refractivity contribution in [3.63, 3.8) is 0 Å². The highest BCUT2D eigenvalue weighted by Crippen LogP contribution is 2.26. The fourth-order valence-electron chi connectivity index (χ4n) is 3.00. The molecule has 0 unspecified atom stereocenters.